The minimum atomic E-state index is 0. The molecule has 0 aliphatic rings. The summed E-state index contributed by atoms with van der Waals surface area (Å²) in [6.07, 6.45) is 0. The number of rotatable bonds is 1. The van der Waals surface area contributed by atoms with Gasteiger partial charge in [-0.15, -0.1) is 0 Å². The molecule has 1 nitrogen and oxygen atoms in total. The molecule has 4 rings (SSSR count). The molecule has 92 valence electrons. The Morgan fingerprint density at radius 1 is 0.579 bits per heavy atom. The largest absolute Gasteiger partial charge is 0.355 e. The molecule has 1 heterocycles. The molecule has 0 saturated carbocycles. The molecule has 0 fully saturated rings. The Bertz CT molecular complexity index is 862. The first kappa shape index (κ1) is 10.4. The van der Waals surface area contributed by atoms with Crippen LogP contribution < -0.4 is 0 Å². The minimum Gasteiger partial charge on any atom is -0.355 e. The molecule has 0 spiro atoms. The summed E-state index contributed by atoms with van der Waals surface area (Å²) in [4.78, 5) is 3.46. The maximum atomic E-state index is 3.46. The molecule has 19 heavy (non-hydrogen) atoms. The number of para-hydroxylation sites is 1. The SMILES string of the molecule is [HH].c1ccc(-c2ccc3[nH]c4ccccc4c3c2)cc1. The van der Waals surface area contributed by atoms with Crippen LogP contribution in [0.2, 0.25) is 0 Å². The number of nitrogens with one attached hydrogen (secondary N) is 1. The summed E-state index contributed by atoms with van der Waals surface area (Å²) in [5, 5.41) is 2.58. The molecule has 1 heteroatoms. The summed E-state index contributed by atoms with van der Waals surface area (Å²) < 4.78 is 0. The zero-order valence-corrected chi connectivity index (χ0v) is 10.4. The quantitative estimate of drug-likeness (QED) is 0.472. The third kappa shape index (κ3) is 1.63. The highest BCUT2D eigenvalue weighted by atomic mass is 14.7. The van der Waals surface area contributed by atoms with Crippen molar-refractivity contribution in [1.82, 2.24) is 4.98 Å². The van der Waals surface area contributed by atoms with Crippen LogP contribution in [0, 0.1) is 0 Å². The molecule has 0 unspecified atom stereocenters. The van der Waals surface area contributed by atoms with E-state index < -0.39 is 0 Å². The second kappa shape index (κ2) is 3.99. The summed E-state index contributed by atoms with van der Waals surface area (Å²) in [6, 6.07) is 25.6. The number of benzene rings is 3. The lowest BCUT2D eigenvalue weighted by Gasteiger charge is -2.01. The molecule has 0 atom stereocenters. The Hall–Kier alpha value is -2.54. The van der Waals surface area contributed by atoms with Gasteiger partial charge in [0.2, 0.25) is 0 Å². The van der Waals surface area contributed by atoms with Gasteiger partial charge in [-0.2, -0.15) is 0 Å². The average Bonchev–Trinajstić information content (AvgIpc) is 2.86. The first-order valence-corrected chi connectivity index (χ1v) is 6.48. The van der Waals surface area contributed by atoms with Crippen LogP contribution in [0.3, 0.4) is 0 Å². The van der Waals surface area contributed by atoms with Crippen LogP contribution in [0.15, 0.2) is 72.8 Å². The fraction of sp³-hybridized carbons (Fsp3) is 0. The van der Waals surface area contributed by atoms with Crippen LogP contribution in [-0.2, 0) is 0 Å². The first-order chi connectivity index (χ1) is 9.42. The summed E-state index contributed by atoms with van der Waals surface area (Å²) in [5.41, 5.74) is 4.91. The normalized spacial score (nSPS) is 11.2. The Kier molecular flexibility index (Phi) is 2.18. The van der Waals surface area contributed by atoms with Crippen LogP contribution >= 0.6 is 0 Å². The van der Waals surface area contributed by atoms with Crippen molar-refractivity contribution >= 4 is 21.8 Å². The molecule has 0 bridgehead atoms. The van der Waals surface area contributed by atoms with Crippen LogP contribution in [0.4, 0.5) is 0 Å². The number of H-pyrrole nitrogens is 1. The summed E-state index contributed by atoms with van der Waals surface area (Å²) in [6.45, 7) is 0. The monoisotopic (exact) mass is 245 g/mol. The zero-order valence-electron chi connectivity index (χ0n) is 10.4. The number of hydrogen-bond donors (Lipinski definition) is 1. The van der Waals surface area contributed by atoms with Gasteiger partial charge >= 0.3 is 0 Å². The van der Waals surface area contributed by atoms with Crippen molar-refractivity contribution in [2.45, 2.75) is 0 Å². The standard InChI is InChI=1S/C18H13N.H2/c1-2-6-13(7-3-1)14-10-11-18-16(12-14)15-8-4-5-9-17(15)19-18;/h1-12,19H;1H. The van der Waals surface area contributed by atoms with Gasteiger partial charge in [-0.25, -0.2) is 0 Å². The van der Waals surface area contributed by atoms with E-state index in [1.165, 1.54) is 32.9 Å². The Morgan fingerprint density at radius 2 is 1.32 bits per heavy atom. The van der Waals surface area contributed by atoms with E-state index in [9.17, 15) is 0 Å². The van der Waals surface area contributed by atoms with E-state index >= 15 is 0 Å². The van der Waals surface area contributed by atoms with E-state index in [1.807, 2.05) is 6.07 Å². The van der Waals surface area contributed by atoms with Crippen LogP contribution in [0.1, 0.15) is 1.43 Å². The topological polar surface area (TPSA) is 15.8 Å². The molecule has 3 aromatic carbocycles. The van der Waals surface area contributed by atoms with Crippen LogP contribution in [0.25, 0.3) is 32.9 Å². The number of aromatic nitrogens is 1. The molecule has 0 saturated heterocycles. The van der Waals surface area contributed by atoms with E-state index in [2.05, 4.69) is 71.7 Å². The van der Waals surface area contributed by atoms with Crippen molar-refractivity contribution < 1.29 is 1.43 Å². The highest BCUT2D eigenvalue weighted by Crippen LogP contribution is 2.29. The van der Waals surface area contributed by atoms with Crippen molar-refractivity contribution in [1.29, 1.82) is 0 Å². The average molecular weight is 245 g/mol. The van der Waals surface area contributed by atoms with Crippen molar-refractivity contribution in [3.8, 4) is 11.1 Å². The maximum absolute atomic E-state index is 3.46. The lowest BCUT2D eigenvalue weighted by molar-refractivity contribution is 1.54. The van der Waals surface area contributed by atoms with E-state index in [1.54, 1.807) is 0 Å². The molecule has 0 aliphatic heterocycles. The highest BCUT2D eigenvalue weighted by molar-refractivity contribution is 6.08. The van der Waals surface area contributed by atoms with Gasteiger partial charge in [-0.3, -0.25) is 0 Å². The first-order valence-electron chi connectivity index (χ1n) is 6.48. The van der Waals surface area contributed by atoms with Crippen molar-refractivity contribution in [3.63, 3.8) is 0 Å². The van der Waals surface area contributed by atoms with Gasteiger partial charge < -0.3 is 4.98 Å². The Morgan fingerprint density at radius 3 is 2.21 bits per heavy atom. The summed E-state index contributed by atoms with van der Waals surface area (Å²) >= 11 is 0. The van der Waals surface area contributed by atoms with Crippen molar-refractivity contribution in [2.24, 2.45) is 0 Å². The Labute approximate surface area is 113 Å². The molecular formula is C18H15N. The fourth-order valence-electron chi connectivity index (χ4n) is 2.66. The lowest BCUT2D eigenvalue weighted by atomic mass is 10.0. The van der Waals surface area contributed by atoms with Crippen LogP contribution in [-0.4, -0.2) is 4.98 Å². The molecule has 1 aromatic heterocycles. The van der Waals surface area contributed by atoms with Gasteiger partial charge in [0.25, 0.3) is 0 Å². The van der Waals surface area contributed by atoms with Gasteiger partial charge in [0.05, 0.1) is 0 Å². The molecule has 1 N–H and O–H groups in total. The van der Waals surface area contributed by atoms with E-state index in [0.29, 0.717) is 0 Å². The summed E-state index contributed by atoms with van der Waals surface area (Å²) in [5.74, 6) is 0. The predicted molar refractivity (Wildman–Crippen MR) is 83.4 cm³/mol. The number of fused-ring (bicyclic) bond motifs is 3. The smallest absolute Gasteiger partial charge is 0.0465 e. The van der Waals surface area contributed by atoms with E-state index in [0.717, 1.165) is 0 Å². The summed E-state index contributed by atoms with van der Waals surface area (Å²) in [7, 11) is 0. The second-order valence-corrected chi connectivity index (χ2v) is 4.80. The van der Waals surface area contributed by atoms with Crippen molar-refractivity contribution in [3.05, 3.63) is 72.8 Å². The second-order valence-electron chi connectivity index (χ2n) is 4.80. The molecule has 0 aliphatic carbocycles. The van der Waals surface area contributed by atoms with Gasteiger partial charge in [0.1, 0.15) is 0 Å². The third-order valence-corrected chi connectivity index (χ3v) is 3.61. The van der Waals surface area contributed by atoms with Gasteiger partial charge in [0.15, 0.2) is 0 Å². The van der Waals surface area contributed by atoms with Gasteiger partial charge in [0, 0.05) is 23.2 Å². The van der Waals surface area contributed by atoms with E-state index in [-0.39, 0.29) is 1.43 Å². The van der Waals surface area contributed by atoms with Gasteiger partial charge in [-0.1, -0.05) is 54.6 Å². The number of hydrogen-bond acceptors (Lipinski definition) is 0. The molecule has 0 radical (unpaired) electrons. The van der Waals surface area contributed by atoms with Gasteiger partial charge in [-0.05, 0) is 29.3 Å². The van der Waals surface area contributed by atoms with Crippen molar-refractivity contribution in [2.75, 3.05) is 0 Å². The molecule has 4 aromatic rings. The minimum absolute atomic E-state index is 0. The van der Waals surface area contributed by atoms with E-state index in [4.69, 9.17) is 0 Å². The third-order valence-electron chi connectivity index (χ3n) is 3.61. The lowest BCUT2D eigenvalue weighted by Crippen LogP contribution is -1.76. The zero-order chi connectivity index (χ0) is 12.7. The fourth-order valence-corrected chi connectivity index (χ4v) is 2.66. The number of aromatic amines is 1. The molecular weight excluding hydrogens is 230 g/mol. The molecule has 0 amide bonds. The Balaban J connectivity index is 0.00000121. The van der Waals surface area contributed by atoms with Crippen LogP contribution in [0.5, 0.6) is 0 Å². The highest BCUT2D eigenvalue weighted by Gasteiger charge is 2.05. The predicted octanol–water partition coefficient (Wildman–Crippen LogP) is 5.23. The maximum Gasteiger partial charge on any atom is 0.0465 e.